The fourth-order valence-electron chi connectivity index (χ4n) is 3.24. The van der Waals surface area contributed by atoms with Crippen molar-refractivity contribution < 1.29 is 4.79 Å². The molecule has 0 radical (unpaired) electrons. The van der Waals surface area contributed by atoms with Crippen molar-refractivity contribution in [2.75, 3.05) is 24.5 Å². The second-order valence-corrected chi connectivity index (χ2v) is 5.79. The Morgan fingerprint density at radius 1 is 1.20 bits per heavy atom. The van der Waals surface area contributed by atoms with Crippen LogP contribution in [0.4, 0.5) is 5.82 Å². The molecule has 20 heavy (non-hydrogen) atoms. The van der Waals surface area contributed by atoms with Gasteiger partial charge in [0, 0.05) is 38.3 Å². The van der Waals surface area contributed by atoms with Crippen LogP contribution in [0.1, 0.15) is 50.2 Å². The molecular formula is C15H22N4O. The highest BCUT2D eigenvalue weighted by Gasteiger charge is 2.30. The van der Waals surface area contributed by atoms with Crippen LogP contribution in [0.2, 0.25) is 0 Å². The highest BCUT2D eigenvalue weighted by molar-refractivity contribution is 5.74. The molecule has 2 fully saturated rings. The number of nitrogens with zero attached hydrogens (tertiary/aromatic N) is 4. The third-order valence-corrected chi connectivity index (χ3v) is 4.24. The molecule has 108 valence electrons. The van der Waals surface area contributed by atoms with Crippen LogP contribution in [0.15, 0.2) is 6.07 Å². The van der Waals surface area contributed by atoms with Gasteiger partial charge in [0.05, 0.1) is 6.04 Å². The minimum absolute atomic E-state index is 0.0637. The van der Waals surface area contributed by atoms with E-state index in [0.29, 0.717) is 0 Å². The molecule has 0 N–H and O–H groups in total. The van der Waals surface area contributed by atoms with E-state index < -0.39 is 0 Å². The molecule has 5 heteroatoms. The van der Waals surface area contributed by atoms with E-state index in [4.69, 9.17) is 4.98 Å². The van der Waals surface area contributed by atoms with Gasteiger partial charge >= 0.3 is 0 Å². The second-order valence-electron chi connectivity index (χ2n) is 5.79. The number of hydrogen-bond acceptors (Lipinski definition) is 4. The summed E-state index contributed by atoms with van der Waals surface area (Å²) in [6.07, 6.45) is 4.49. The first-order valence-corrected chi connectivity index (χ1v) is 7.53. The zero-order valence-corrected chi connectivity index (χ0v) is 12.3. The number of hydrogen-bond donors (Lipinski definition) is 0. The van der Waals surface area contributed by atoms with Crippen molar-refractivity contribution in [3.8, 4) is 0 Å². The monoisotopic (exact) mass is 274 g/mol. The Morgan fingerprint density at radius 3 is 2.65 bits per heavy atom. The molecule has 0 bridgehead atoms. The van der Waals surface area contributed by atoms with Crippen LogP contribution in [0.5, 0.6) is 0 Å². The number of aromatic nitrogens is 2. The maximum absolute atomic E-state index is 11.7. The summed E-state index contributed by atoms with van der Waals surface area (Å²) in [7, 11) is 0. The van der Waals surface area contributed by atoms with Crippen LogP contribution in [-0.4, -0.2) is 40.4 Å². The number of carbonyl (C=O) groups is 1. The lowest BCUT2D eigenvalue weighted by Gasteiger charge is -2.24. The molecular weight excluding hydrogens is 252 g/mol. The summed E-state index contributed by atoms with van der Waals surface area (Å²) < 4.78 is 0. The molecule has 0 saturated carbocycles. The van der Waals surface area contributed by atoms with E-state index in [1.165, 1.54) is 12.8 Å². The summed E-state index contributed by atoms with van der Waals surface area (Å²) in [4.78, 5) is 25.3. The molecule has 1 amide bonds. The fraction of sp³-hybridized carbons (Fsp3) is 0.667. The molecule has 1 atom stereocenters. The highest BCUT2D eigenvalue weighted by Crippen LogP contribution is 2.31. The Morgan fingerprint density at radius 2 is 1.95 bits per heavy atom. The Kier molecular flexibility index (Phi) is 3.59. The van der Waals surface area contributed by atoms with Gasteiger partial charge in [0.15, 0.2) is 5.82 Å². The minimum Gasteiger partial charge on any atom is -0.357 e. The number of rotatable bonds is 2. The SMILES string of the molecule is CC(=O)N1CCCC1c1nc(C)cc(N2CCCC2)n1. The van der Waals surface area contributed by atoms with Crippen molar-refractivity contribution in [1.82, 2.24) is 14.9 Å². The topological polar surface area (TPSA) is 49.3 Å². The average molecular weight is 274 g/mol. The Labute approximate surface area is 120 Å². The first-order valence-electron chi connectivity index (χ1n) is 7.53. The van der Waals surface area contributed by atoms with Gasteiger partial charge in [-0.25, -0.2) is 9.97 Å². The summed E-state index contributed by atoms with van der Waals surface area (Å²) in [5, 5.41) is 0. The van der Waals surface area contributed by atoms with Crippen LogP contribution in [0.25, 0.3) is 0 Å². The molecule has 1 aromatic heterocycles. The molecule has 3 rings (SSSR count). The van der Waals surface area contributed by atoms with Gasteiger partial charge < -0.3 is 9.80 Å². The molecule has 2 aliphatic rings. The molecule has 1 unspecified atom stereocenters. The van der Waals surface area contributed by atoms with E-state index in [1.807, 2.05) is 11.8 Å². The average Bonchev–Trinajstić information content (AvgIpc) is 3.09. The van der Waals surface area contributed by atoms with Crippen LogP contribution in [0, 0.1) is 6.92 Å². The number of likely N-dealkylation sites (tertiary alicyclic amines) is 1. The minimum atomic E-state index is 0.0637. The van der Waals surface area contributed by atoms with E-state index in [9.17, 15) is 4.79 Å². The lowest BCUT2D eigenvalue weighted by molar-refractivity contribution is -0.129. The van der Waals surface area contributed by atoms with Crippen molar-refractivity contribution in [3.05, 3.63) is 17.6 Å². The number of anilines is 1. The molecule has 0 spiro atoms. The van der Waals surface area contributed by atoms with E-state index in [2.05, 4.69) is 16.0 Å². The largest absolute Gasteiger partial charge is 0.357 e. The number of carbonyl (C=O) groups excluding carboxylic acids is 1. The van der Waals surface area contributed by atoms with Gasteiger partial charge in [0.25, 0.3) is 0 Å². The van der Waals surface area contributed by atoms with Crippen molar-refractivity contribution in [2.45, 2.75) is 45.6 Å². The molecule has 1 aromatic rings. The van der Waals surface area contributed by atoms with Crippen LogP contribution >= 0.6 is 0 Å². The first-order chi connectivity index (χ1) is 9.65. The summed E-state index contributed by atoms with van der Waals surface area (Å²) in [6, 6.07) is 2.12. The van der Waals surface area contributed by atoms with Crippen molar-refractivity contribution >= 4 is 11.7 Å². The summed E-state index contributed by atoms with van der Waals surface area (Å²) in [5.41, 5.74) is 0.993. The summed E-state index contributed by atoms with van der Waals surface area (Å²) >= 11 is 0. The van der Waals surface area contributed by atoms with Crippen LogP contribution in [0.3, 0.4) is 0 Å². The number of aryl methyl sites for hydroxylation is 1. The van der Waals surface area contributed by atoms with Gasteiger partial charge in [-0.15, -0.1) is 0 Å². The summed E-state index contributed by atoms with van der Waals surface area (Å²) in [6.45, 7) is 6.64. The zero-order chi connectivity index (χ0) is 14.1. The fourth-order valence-corrected chi connectivity index (χ4v) is 3.24. The van der Waals surface area contributed by atoms with Gasteiger partial charge in [0.1, 0.15) is 5.82 Å². The van der Waals surface area contributed by atoms with Crippen LogP contribution in [-0.2, 0) is 4.79 Å². The molecule has 3 heterocycles. The molecule has 2 aliphatic heterocycles. The third kappa shape index (κ3) is 2.49. The highest BCUT2D eigenvalue weighted by atomic mass is 16.2. The Hall–Kier alpha value is -1.65. The van der Waals surface area contributed by atoms with E-state index >= 15 is 0 Å². The molecule has 2 saturated heterocycles. The maximum atomic E-state index is 11.7. The Bertz CT molecular complexity index is 511. The van der Waals surface area contributed by atoms with E-state index in [0.717, 1.165) is 49.8 Å². The quantitative estimate of drug-likeness (QED) is 0.828. The van der Waals surface area contributed by atoms with Crippen molar-refractivity contribution in [2.24, 2.45) is 0 Å². The van der Waals surface area contributed by atoms with E-state index in [1.54, 1.807) is 6.92 Å². The normalized spacial score (nSPS) is 22.6. The van der Waals surface area contributed by atoms with E-state index in [-0.39, 0.29) is 11.9 Å². The Balaban J connectivity index is 1.90. The predicted octanol–water partition coefficient (Wildman–Crippen LogP) is 2.07. The van der Waals surface area contributed by atoms with Gasteiger partial charge in [0.2, 0.25) is 5.91 Å². The lowest BCUT2D eigenvalue weighted by atomic mass is 10.2. The standard InChI is InChI=1S/C15H22N4O/c1-11-10-14(18-7-3-4-8-18)17-15(16-11)13-6-5-9-19(13)12(2)20/h10,13H,3-9H2,1-2H3. The number of amides is 1. The second kappa shape index (κ2) is 5.38. The van der Waals surface area contributed by atoms with Gasteiger partial charge in [-0.05, 0) is 32.6 Å². The van der Waals surface area contributed by atoms with Gasteiger partial charge in [-0.1, -0.05) is 0 Å². The smallest absolute Gasteiger partial charge is 0.220 e. The summed E-state index contributed by atoms with van der Waals surface area (Å²) in [5.74, 6) is 1.97. The zero-order valence-electron chi connectivity index (χ0n) is 12.3. The van der Waals surface area contributed by atoms with Gasteiger partial charge in [-0.2, -0.15) is 0 Å². The predicted molar refractivity (Wildman–Crippen MR) is 77.6 cm³/mol. The van der Waals surface area contributed by atoms with Crippen molar-refractivity contribution in [3.63, 3.8) is 0 Å². The molecule has 0 aliphatic carbocycles. The molecule has 5 nitrogen and oxygen atoms in total. The lowest BCUT2D eigenvalue weighted by Crippen LogP contribution is -2.30. The van der Waals surface area contributed by atoms with Crippen molar-refractivity contribution in [1.29, 1.82) is 0 Å². The first kappa shape index (κ1) is 13.3. The van der Waals surface area contributed by atoms with Gasteiger partial charge in [-0.3, -0.25) is 4.79 Å². The molecule has 0 aromatic carbocycles. The van der Waals surface area contributed by atoms with Crippen LogP contribution < -0.4 is 4.90 Å². The third-order valence-electron chi connectivity index (χ3n) is 4.24. The maximum Gasteiger partial charge on any atom is 0.220 e.